The molecule has 1 amide bonds. The molecule has 0 saturated heterocycles. The second-order valence-corrected chi connectivity index (χ2v) is 5.14. The third-order valence-corrected chi connectivity index (χ3v) is 3.48. The zero-order chi connectivity index (χ0) is 15.0. The number of aryl methyl sites for hydroxylation is 3. The first-order chi connectivity index (χ1) is 10.0. The third kappa shape index (κ3) is 2.52. The average molecular weight is 280 g/mol. The molecule has 3 aromatic rings. The Balaban J connectivity index is 1.93. The van der Waals surface area contributed by atoms with Crippen LogP contribution in [0.4, 0.5) is 5.69 Å². The summed E-state index contributed by atoms with van der Waals surface area (Å²) in [5, 5.41) is 2.97. The normalized spacial score (nSPS) is 10.8. The van der Waals surface area contributed by atoms with E-state index in [0.717, 1.165) is 16.8 Å². The van der Waals surface area contributed by atoms with Crippen molar-refractivity contribution in [1.82, 2.24) is 4.98 Å². The second-order valence-electron chi connectivity index (χ2n) is 5.14. The molecule has 106 valence electrons. The molecule has 1 N–H and O–H groups in total. The van der Waals surface area contributed by atoms with Crippen molar-refractivity contribution in [2.75, 3.05) is 5.32 Å². The molecule has 0 aliphatic carbocycles. The van der Waals surface area contributed by atoms with Crippen LogP contribution in [0.3, 0.4) is 0 Å². The lowest BCUT2D eigenvalue weighted by Gasteiger charge is -2.11. The molecule has 21 heavy (non-hydrogen) atoms. The van der Waals surface area contributed by atoms with Crippen LogP contribution in [0.5, 0.6) is 0 Å². The number of aromatic nitrogens is 1. The summed E-state index contributed by atoms with van der Waals surface area (Å²) in [5.41, 5.74) is 4.90. The number of carbonyl (C=O) groups is 1. The molecule has 0 aliphatic rings. The van der Waals surface area contributed by atoms with Crippen molar-refractivity contribution in [3.63, 3.8) is 0 Å². The van der Waals surface area contributed by atoms with Gasteiger partial charge in [0.1, 0.15) is 5.52 Å². The highest BCUT2D eigenvalue weighted by Crippen LogP contribution is 2.22. The molecule has 3 rings (SSSR count). The maximum absolute atomic E-state index is 12.4. The van der Waals surface area contributed by atoms with E-state index in [-0.39, 0.29) is 5.91 Å². The van der Waals surface area contributed by atoms with E-state index in [1.165, 1.54) is 0 Å². The summed E-state index contributed by atoms with van der Waals surface area (Å²) < 4.78 is 5.42. The summed E-state index contributed by atoms with van der Waals surface area (Å²) >= 11 is 0. The Kier molecular flexibility index (Phi) is 3.22. The van der Waals surface area contributed by atoms with Crippen molar-refractivity contribution in [3.05, 3.63) is 59.0 Å². The Bertz CT molecular complexity index is 814. The fourth-order valence-electron chi connectivity index (χ4n) is 2.38. The van der Waals surface area contributed by atoms with E-state index < -0.39 is 0 Å². The molecule has 4 heteroatoms. The molecule has 2 aromatic carbocycles. The largest absolute Gasteiger partial charge is 0.441 e. The first-order valence-corrected chi connectivity index (χ1v) is 6.79. The fourth-order valence-corrected chi connectivity index (χ4v) is 2.38. The van der Waals surface area contributed by atoms with E-state index in [1.54, 1.807) is 25.1 Å². The first-order valence-electron chi connectivity index (χ1n) is 6.79. The number of anilines is 1. The van der Waals surface area contributed by atoms with Crippen LogP contribution in [0.25, 0.3) is 11.1 Å². The Morgan fingerprint density at radius 3 is 2.52 bits per heavy atom. The molecule has 0 spiro atoms. The number of fused-ring (bicyclic) bond motifs is 1. The Morgan fingerprint density at radius 2 is 1.81 bits per heavy atom. The van der Waals surface area contributed by atoms with Gasteiger partial charge in [-0.2, -0.15) is 0 Å². The molecule has 0 radical (unpaired) electrons. The third-order valence-electron chi connectivity index (χ3n) is 3.48. The van der Waals surface area contributed by atoms with Gasteiger partial charge in [0.05, 0.1) is 0 Å². The summed E-state index contributed by atoms with van der Waals surface area (Å²) in [6, 6.07) is 11.2. The van der Waals surface area contributed by atoms with Gasteiger partial charge in [-0.05, 0) is 43.2 Å². The maximum Gasteiger partial charge on any atom is 0.255 e. The summed E-state index contributed by atoms with van der Waals surface area (Å²) in [7, 11) is 0. The average Bonchev–Trinajstić information content (AvgIpc) is 2.81. The van der Waals surface area contributed by atoms with Crippen molar-refractivity contribution < 1.29 is 9.21 Å². The lowest BCUT2D eigenvalue weighted by atomic mass is 10.1. The summed E-state index contributed by atoms with van der Waals surface area (Å²) in [4.78, 5) is 16.7. The zero-order valence-corrected chi connectivity index (χ0v) is 12.2. The maximum atomic E-state index is 12.4. The van der Waals surface area contributed by atoms with Gasteiger partial charge in [0, 0.05) is 18.2 Å². The van der Waals surface area contributed by atoms with E-state index in [2.05, 4.69) is 10.3 Å². The van der Waals surface area contributed by atoms with E-state index in [9.17, 15) is 4.79 Å². The van der Waals surface area contributed by atoms with Crippen LogP contribution < -0.4 is 5.32 Å². The van der Waals surface area contributed by atoms with Gasteiger partial charge in [-0.3, -0.25) is 4.79 Å². The number of carbonyl (C=O) groups excluding carboxylic acids is 1. The SMILES string of the molecule is Cc1nc2cc(C(=O)Nc3c(C)cccc3C)ccc2o1. The van der Waals surface area contributed by atoms with Crippen molar-refractivity contribution >= 4 is 22.7 Å². The van der Waals surface area contributed by atoms with Crippen molar-refractivity contribution in [2.24, 2.45) is 0 Å². The number of benzene rings is 2. The van der Waals surface area contributed by atoms with Gasteiger partial charge >= 0.3 is 0 Å². The molecule has 0 aliphatic heterocycles. The lowest BCUT2D eigenvalue weighted by molar-refractivity contribution is 0.102. The van der Waals surface area contributed by atoms with E-state index >= 15 is 0 Å². The van der Waals surface area contributed by atoms with Crippen LogP contribution in [0.15, 0.2) is 40.8 Å². The minimum absolute atomic E-state index is 0.144. The van der Waals surface area contributed by atoms with Gasteiger partial charge in [-0.1, -0.05) is 18.2 Å². The number of nitrogens with zero attached hydrogens (tertiary/aromatic N) is 1. The number of amides is 1. The standard InChI is InChI=1S/C17H16N2O2/c1-10-5-4-6-11(2)16(10)19-17(20)13-7-8-15-14(9-13)18-12(3)21-15/h4-9H,1-3H3,(H,19,20). The minimum Gasteiger partial charge on any atom is -0.441 e. The zero-order valence-electron chi connectivity index (χ0n) is 12.2. The summed E-state index contributed by atoms with van der Waals surface area (Å²) in [5.74, 6) is 0.451. The molecule has 1 heterocycles. The van der Waals surface area contributed by atoms with E-state index in [1.807, 2.05) is 32.0 Å². The van der Waals surface area contributed by atoms with E-state index in [4.69, 9.17) is 4.42 Å². The number of oxazole rings is 1. The summed E-state index contributed by atoms with van der Waals surface area (Å²) in [6.45, 7) is 5.75. The molecule has 1 aromatic heterocycles. The molecule has 0 atom stereocenters. The highest BCUT2D eigenvalue weighted by molar-refractivity contribution is 6.06. The number of hydrogen-bond acceptors (Lipinski definition) is 3. The van der Waals surface area contributed by atoms with Crippen molar-refractivity contribution in [3.8, 4) is 0 Å². The molecule has 0 unspecified atom stereocenters. The predicted octanol–water partition coefficient (Wildman–Crippen LogP) is 4.01. The van der Waals surface area contributed by atoms with Gasteiger partial charge < -0.3 is 9.73 Å². The molecule has 0 bridgehead atoms. The second kappa shape index (κ2) is 5.05. The van der Waals surface area contributed by atoms with Crippen molar-refractivity contribution in [2.45, 2.75) is 20.8 Å². The topological polar surface area (TPSA) is 55.1 Å². The van der Waals surface area contributed by atoms with Crippen LogP contribution >= 0.6 is 0 Å². The van der Waals surface area contributed by atoms with Crippen LogP contribution in [-0.2, 0) is 0 Å². The van der Waals surface area contributed by atoms with Gasteiger partial charge in [0.15, 0.2) is 11.5 Å². The monoisotopic (exact) mass is 280 g/mol. The van der Waals surface area contributed by atoms with E-state index in [0.29, 0.717) is 22.6 Å². The Labute approximate surface area is 122 Å². The van der Waals surface area contributed by atoms with Gasteiger partial charge in [-0.25, -0.2) is 4.98 Å². The predicted molar refractivity (Wildman–Crippen MR) is 82.6 cm³/mol. The number of nitrogens with one attached hydrogen (secondary N) is 1. The van der Waals surface area contributed by atoms with Crippen LogP contribution in [-0.4, -0.2) is 10.9 Å². The Hall–Kier alpha value is -2.62. The van der Waals surface area contributed by atoms with Crippen molar-refractivity contribution in [1.29, 1.82) is 0 Å². The highest BCUT2D eigenvalue weighted by atomic mass is 16.3. The fraction of sp³-hybridized carbons (Fsp3) is 0.176. The van der Waals surface area contributed by atoms with Crippen LogP contribution in [0.1, 0.15) is 27.4 Å². The smallest absolute Gasteiger partial charge is 0.255 e. The first kappa shape index (κ1) is 13.4. The van der Waals surface area contributed by atoms with Crippen LogP contribution in [0.2, 0.25) is 0 Å². The Morgan fingerprint density at radius 1 is 1.10 bits per heavy atom. The van der Waals surface area contributed by atoms with Gasteiger partial charge in [0.2, 0.25) is 0 Å². The van der Waals surface area contributed by atoms with Gasteiger partial charge in [-0.15, -0.1) is 0 Å². The summed E-state index contributed by atoms with van der Waals surface area (Å²) in [6.07, 6.45) is 0. The quantitative estimate of drug-likeness (QED) is 0.771. The van der Waals surface area contributed by atoms with Gasteiger partial charge in [0.25, 0.3) is 5.91 Å². The molecule has 0 fully saturated rings. The minimum atomic E-state index is -0.144. The molecule has 4 nitrogen and oxygen atoms in total. The molecule has 0 saturated carbocycles. The number of hydrogen-bond donors (Lipinski definition) is 1. The number of rotatable bonds is 2. The molecular formula is C17H16N2O2. The lowest BCUT2D eigenvalue weighted by Crippen LogP contribution is -2.13. The number of para-hydroxylation sites is 1. The highest BCUT2D eigenvalue weighted by Gasteiger charge is 2.11. The molecular weight excluding hydrogens is 264 g/mol. The van der Waals surface area contributed by atoms with Crippen LogP contribution in [0, 0.1) is 20.8 Å².